The predicted octanol–water partition coefficient (Wildman–Crippen LogP) is 4.78. The smallest absolute Gasteiger partial charge is 0.274 e. The van der Waals surface area contributed by atoms with E-state index in [-0.39, 0.29) is 11.6 Å². The summed E-state index contributed by atoms with van der Waals surface area (Å²) in [6.07, 6.45) is 1.51. The summed E-state index contributed by atoms with van der Waals surface area (Å²) in [6, 6.07) is 15.5. The first kappa shape index (κ1) is 16.2. The molecule has 0 radical (unpaired) electrons. The van der Waals surface area contributed by atoms with Crippen LogP contribution in [0.2, 0.25) is 10.0 Å². The number of carbonyl (C=O) groups is 1. The summed E-state index contributed by atoms with van der Waals surface area (Å²) in [7, 11) is 0. The number of aromatic nitrogens is 2. The van der Waals surface area contributed by atoms with Gasteiger partial charge in [-0.15, -0.1) is 0 Å². The first-order chi connectivity index (χ1) is 11.6. The largest absolute Gasteiger partial charge is 0.324 e. The Kier molecular flexibility index (Phi) is 4.93. The number of benzene rings is 2. The van der Waals surface area contributed by atoms with Gasteiger partial charge in [-0.2, -0.15) is 0 Å². The van der Waals surface area contributed by atoms with Crippen molar-refractivity contribution in [1.82, 2.24) is 9.97 Å². The van der Waals surface area contributed by atoms with Crippen LogP contribution in [0.5, 0.6) is 0 Å². The Morgan fingerprint density at radius 1 is 0.917 bits per heavy atom. The minimum absolute atomic E-state index is 0.240. The topological polar surface area (TPSA) is 66.9 Å². The molecule has 7 heteroatoms. The summed E-state index contributed by atoms with van der Waals surface area (Å²) in [4.78, 5) is 20.6. The molecule has 120 valence electrons. The van der Waals surface area contributed by atoms with Crippen LogP contribution in [0.1, 0.15) is 10.5 Å². The van der Waals surface area contributed by atoms with Crippen LogP contribution in [-0.4, -0.2) is 15.9 Å². The van der Waals surface area contributed by atoms with Crippen molar-refractivity contribution < 1.29 is 4.79 Å². The summed E-state index contributed by atoms with van der Waals surface area (Å²) < 4.78 is 0. The number of hydrogen-bond acceptors (Lipinski definition) is 4. The van der Waals surface area contributed by atoms with E-state index in [1.165, 1.54) is 12.3 Å². The molecule has 0 saturated heterocycles. The highest BCUT2D eigenvalue weighted by atomic mass is 35.5. The molecular weight excluding hydrogens is 347 g/mol. The highest BCUT2D eigenvalue weighted by molar-refractivity contribution is 6.31. The molecule has 2 aromatic carbocycles. The summed E-state index contributed by atoms with van der Waals surface area (Å²) in [6.45, 7) is 0. The van der Waals surface area contributed by atoms with E-state index in [9.17, 15) is 4.79 Å². The zero-order valence-corrected chi connectivity index (χ0v) is 13.8. The zero-order valence-electron chi connectivity index (χ0n) is 12.3. The molecular formula is C17H12Cl2N4O. The molecule has 5 nitrogen and oxygen atoms in total. The normalized spacial score (nSPS) is 10.2. The van der Waals surface area contributed by atoms with E-state index in [2.05, 4.69) is 20.6 Å². The second-order valence-electron chi connectivity index (χ2n) is 4.86. The lowest BCUT2D eigenvalue weighted by atomic mass is 10.3. The van der Waals surface area contributed by atoms with Crippen LogP contribution in [0.3, 0.4) is 0 Å². The lowest BCUT2D eigenvalue weighted by molar-refractivity contribution is 0.102. The van der Waals surface area contributed by atoms with Crippen LogP contribution < -0.4 is 10.6 Å². The van der Waals surface area contributed by atoms with Crippen molar-refractivity contribution in [1.29, 1.82) is 0 Å². The number of nitrogens with zero attached hydrogens (tertiary/aromatic N) is 2. The van der Waals surface area contributed by atoms with Gasteiger partial charge >= 0.3 is 0 Å². The average Bonchev–Trinajstić information content (AvgIpc) is 2.57. The first-order valence-electron chi connectivity index (χ1n) is 7.03. The van der Waals surface area contributed by atoms with Crippen molar-refractivity contribution >= 4 is 46.4 Å². The van der Waals surface area contributed by atoms with Crippen molar-refractivity contribution in [3.05, 3.63) is 76.5 Å². The van der Waals surface area contributed by atoms with E-state index in [0.717, 1.165) is 5.69 Å². The lowest BCUT2D eigenvalue weighted by Gasteiger charge is -2.08. The molecule has 0 bridgehead atoms. The summed E-state index contributed by atoms with van der Waals surface area (Å²) in [5.74, 6) is -0.0325. The first-order valence-corrected chi connectivity index (χ1v) is 7.78. The summed E-state index contributed by atoms with van der Waals surface area (Å²) >= 11 is 11.8. The maximum absolute atomic E-state index is 12.3. The number of rotatable bonds is 4. The second kappa shape index (κ2) is 7.29. The Morgan fingerprint density at radius 3 is 2.46 bits per heavy atom. The minimum atomic E-state index is -0.339. The SMILES string of the molecule is O=C(Nc1ccc(Cl)cc1)c1ccnc(Nc2cccc(Cl)c2)n1. The Bertz CT molecular complexity index is 868. The quantitative estimate of drug-likeness (QED) is 0.704. The van der Waals surface area contributed by atoms with E-state index >= 15 is 0 Å². The highest BCUT2D eigenvalue weighted by Crippen LogP contribution is 2.18. The molecule has 0 aliphatic carbocycles. The standard InChI is InChI=1S/C17H12Cl2N4O/c18-11-4-6-13(7-5-11)21-16(24)15-8-9-20-17(23-15)22-14-3-1-2-12(19)10-14/h1-10H,(H,21,24)(H,20,22,23). The molecule has 3 rings (SSSR count). The number of carbonyl (C=O) groups excluding carboxylic acids is 1. The van der Waals surface area contributed by atoms with Gasteiger partial charge in [0.15, 0.2) is 0 Å². The van der Waals surface area contributed by atoms with E-state index < -0.39 is 0 Å². The highest BCUT2D eigenvalue weighted by Gasteiger charge is 2.09. The summed E-state index contributed by atoms with van der Waals surface area (Å²) in [5.41, 5.74) is 1.61. The van der Waals surface area contributed by atoms with Gasteiger partial charge in [0.25, 0.3) is 5.91 Å². The fourth-order valence-corrected chi connectivity index (χ4v) is 2.29. The van der Waals surface area contributed by atoms with Crippen molar-refractivity contribution in [2.75, 3.05) is 10.6 Å². The van der Waals surface area contributed by atoms with Crippen molar-refractivity contribution in [2.24, 2.45) is 0 Å². The number of hydrogen-bond donors (Lipinski definition) is 2. The maximum atomic E-state index is 12.3. The fraction of sp³-hybridized carbons (Fsp3) is 0. The van der Waals surface area contributed by atoms with Crippen LogP contribution in [0.4, 0.5) is 17.3 Å². The van der Waals surface area contributed by atoms with Gasteiger partial charge in [-0.05, 0) is 48.5 Å². The minimum Gasteiger partial charge on any atom is -0.324 e. The van der Waals surface area contributed by atoms with Crippen molar-refractivity contribution in [3.63, 3.8) is 0 Å². The maximum Gasteiger partial charge on any atom is 0.274 e. The van der Waals surface area contributed by atoms with E-state index in [1.807, 2.05) is 12.1 Å². The van der Waals surface area contributed by atoms with Gasteiger partial charge < -0.3 is 10.6 Å². The lowest BCUT2D eigenvalue weighted by Crippen LogP contribution is -2.14. The molecule has 3 aromatic rings. The van der Waals surface area contributed by atoms with Crippen LogP contribution in [0, 0.1) is 0 Å². The third-order valence-electron chi connectivity index (χ3n) is 3.07. The Morgan fingerprint density at radius 2 is 1.71 bits per heavy atom. The van der Waals surface area contributed by atoms with Gasteiger partial charge in [0, 0.05) is 27.6 Å². The Hall–Kier alpha value is -2.63. The van der Waals surface area contributed by atoms with Crippen LogP contribution in [0.25, 0.3) is 0 Å². The Labute approximate surface area is 148 Å². The molecule has 1 aromatic heterocycles. The molecule has 0 fully saturated rings. The second-order valence-corrected chi connectivity index (χ2v) is 5.73. The molecule has 0 unspecified atom stereocenters. The predicted molar refractivity (Wildman–Crippen MR) is 96.2 cm³/mol. The number of nitrogens with one attached hydrogen (secondary N) is 2. The van der Waals surface area contributed by atoms with Crippen molar-refractivity contribution in [2.45, 2.75) is 0 Å². The van der Waals surface area contributed by atoms with Crippen LogP contribution in [0.15, 0.2) is 60.8 Å². The third kappa shape index (κ3) is 4.22. The molecule has 1 heterocycles. The Balaban J connectivity index is 1.74. The third-order valence-corrected chi connectivity index (χ3v) is 3.56. The zero-order chi connectivity index (χ0) is 16.9. The molecule has 0 aliphatic heterocycles. The average molecular weight is 359 g/mol. The fourth-order valence-electron chi connectivity index (χ4n) is 1.97. The molecule has 0 spiro atoms. The van der Waals surface area contributed by atoms with Gasteiger partial charge in [-0.1, -0.05) is 29.3 Å². The number of amides is 1. The molecule has 0 aliphatic rings. The van der Waals surface area contributed by atoms with E-state index in [1.54, 1.807) is 36.4 Å². The number of halogens is 2. The molecule has 0 atom stereocenters. The molecule has 2 N–H and O–H groups in total. The number of anilines is 3. The van der Waals surface area contributed by atoms with Gasteiger partial charge in [-0.3, -0.25) is 4.79 Å². The van der Waals surface area contributed by atoms with Gasteiger partial charge in [0.05, 0.1) is 0 Å². The van der Waals surface area contributed by atoms with Crippen LogP contribution >= 0.6 is 23.2 Å². The van der Waals surface area contributed by atoms with Crippen molar-refractivity contribution in [3.8, 4) is 0 Å². The van der Waals surface area contributed by atoms with Gasteiger partial charge in [0.2, 0.25) is 5.95 Å². The van der Waals surface area contributed by atoms with Crippen LogP contribution in [-0.2, 0) is 0 Å². The van der Waals surface area contributed by atoms with Gasteiger partial charge in [0.1, 0.15) is 5.69 Å². The monoisotopic (exact) mass is 358 g/mol. The van der Waals surface area contributed by atoms with Gasteiger partial charge in [-0.25, -0.2) is 9.97 Å². The van der Waals surface area contributed by atoms with E-state index in [4.69, 9.17) is 23.2 Å². The summed E-state index contributed by atoms with van der Waals surface area (Å²) in [5, 5.41) is 6.95. The molecule has 1 amide bonds. The van der Waals surface area contributed by atoms with E-state index in [0.29, 0.717) is 21.7 Å². The molecule has 24 heavy (non-hydrogen) atoms. The molecule has 0 saturated carbocycles.